The summed E-state index contributed by atoms with van der Waals surface area (Å²) in [7, 11) is 0. The molecule has 0 saturated carbocycles. The molecule has 0 aliphatic heterocycles. The molecule has 0 aromatic heterocycles. The highest BCUT2D eigenvalue weighted by Gasteiger charge is 2.10. The molecule has 4 heteroatoms. The summed E-state index contributed by atoms with van der Waals surface area (Å²) in [6.45, 7) is 3.67. The lowest BCUT2D eigenvalue weighted by Gasteiger charge is -2.17. The van der Waals surface area contributed by atoms with Gasteiger partial charge < -0.3 is 14.6 Å². The number of carboxylic acids is 1. The number of hydrogen-bond donors (Lipinski definition) is 1. The molecule has 0 aliphatic rings. The summed E-state index contributed by atoms with van der Waals surface area (Å²) < 4.78 is 11.0. The van der Waals surface area contributed by atoms with Gasteiger partial charge in [0.25, 0.3) is 0 Å². The molecule has 1 unspecified atom stereocenters. The molecule has 1 rings (SSSR count). The zero-order chi connectivity index (χ0) is 23.3. The van der Waals surface area contributed by atoms with Gasteiger partial charge in [-0.1, -0.05) is 121 Å². The summed E-state index contributed by atoms with van der Waals surface area (Å²) in [6.07, 6.45) is 22.4. The average Bonchev–Trinajstić information content (AvgIpc) is 2.78. The Kier molecular flexibility index (Phi) is 17.9. The van der Waals surface area contributed by atoms with Gasteiger partial charge in [-0.2, -0.15) is 0 Å². The molecular formula is C28H48O4. The molecule has 0 saturated heterocycles. The van der Waals surface area contributed by atoms with Crippen LogP contribution in [-0.2, 0) is 16.0 Å². The Labute approximate surface area is 197 Å². The zero-order valence-corrected chi connectivity index (χ0v) is 20.8. The highest BCUT2D eigenvalue weighted by Crippen LogP contribution is 2.22. The minimum Gasteiger partial charge on any atom is -0.480 e. The maximum absolute atomic E-state index is 10.6. The number of benzene rings is 1. The first kappa shape index (κ1) is 28.5. The Morgan fingerprint density at radius 1 is 0.781 bits per heavy atom. The summed E-state index contributed by atoms with van der Waals surface area (Å²) >= 11 is 0. The highest BCUT2D eigenvalue weighted by molar-refractivity contribution is 5.68. The van der Waals surface area contributed by atoms with E-state index in [1.165, 1.54) is 102 Å². The molecule has 1 N–H and O–H groups in total. The van der Waals surface area contributed by atoms with Crippen molar-refractivity contribution in [2.45, 2.75) is 129 Å². The third kappa shape index (κ3) is 16.1. The van der Waals surface area contributed by atoms with E-state index >= 15 is 0 Å². The van der Waals surface area contributed by atoms with E-state index in [0.717, 1.165) is 18.6 Å². The molecule has 0 aliphatic carbocycles. The van der Waals surface area contributed by atoms with E-state index in [1.807, 2.05) is 18.2 Å². The Balaban J connectivity index is 1.99. The van der Waals surface area contributed by atoms with Gasteiger partial charge in [0.05, 0.1) is 0 Å². The first-order valence-corrected chi connectivity index (χ1v) is 13.2. The van der Waals surface area contributed by atoms with Crippen LogP contribution in [0.2, 0.25) is 0 Å². The topological polar surface area (TPSA) is 55.8 Å². The molecule has 0 heterocycles. The van der Waals surface area contributed by atoms with Crippen LogP contribution in [0.4, 0.5) is 0 Å². The smallest absolute Gasteiger partial charge is 0.329 e. The molecule has 184 valence electrons. The lowest BCUT2D eigenvalue weighted by atomic mass is 10.0. The van der Waals surface area contributed by atoms with Crippen molar-refractivity contribution in [2.24, 2.45) is 0 Å². The Bertz CT molecular complexity index is 572. The van der Waals surface area contributed by atoms with Gasteiger partial charge in [-0.15, -0.1) is 0 Å². The van der Waals surface area contributed by atoms with Gasteiger partial charge in [0.15, 0.2) is 6.29 Å². The van der Waals surface area contributed by atoms with E-state index in [0.29, 0.717) is 0 Å². The molecule has 1 aromatic rings. The van der Waals surface area contributed by atoms with E-state index in [2.05, 4.69) is 13.0 Å². The van der Waals surface area contributed by atoms with Crippen LogP contribution in [0.1, 0.15) is 122 Å². The fraction of sp³-hybridized carbons (Fsp3) is 0.750. The normalized spacial score (nSPS) is 12.1. The van der Waals surface area contributed by atoms with Crippen LogP contribution in [-0.4, -0.2) is 24.0 Å². The number of rotatable bonds is 22. The molecule has 1 aromatic carbocycles. The molecule has 0 radical (unpaired) electrons. The fourth-order valence-electron chi connectivity index (χ4n) is 4.09. The van der Waals surface area contributed by atoms with Gasteiger partial charge in [0, 0.05) is 0 Å². The largest absolute Gasteiger partial charge is 0.480 e. The lowest BCUT2D eigenvalue weighted by Crippen LogP contribution is -2.21. The second-order valence-corrected chi connectivity index (χ2v) is 9.05. The second-order valence-electron chi connectivity index (χ2n) is 9.05. The van der Waals surface area contributed by atoms with Crippen LogP contribution in [0, 0.1) is 0 Å². The minimum absolute atomic E-state index is 0.345. The molecule has 0 fully saturated rings. The van der Waals surface area contributed by atoms with Gasteiger partial charge in [0.1, 0.15) is 12.4 Å². The molecule has 4 nitrogen and oxygen atoms in total. The fourth-order valence-corrected chi connectivity index (χ4v) is 4.09. The van der Waals surface area contributed by atoms with E-state index in [4.69, 9.17) is 14.6 Å². The van der Waals surface area contributed by atoms with Gasteiger partial charge in [-0.3, -0.25) is 0 Å². The van der Waals surface area contributed by atoms with Gasteiger partial charge in [0.2, 0.25) is 0 Å². The number of carboxylic acid groups (broad SMARTS) is 1. The molecule has 32 heavy (non-hydrogen) atoms. The van der Waals surface area contributed by atoms with Gasteiger partial charge in [-0.25, -0.2) is 4.79 Å². The maximum atomic E-state index is 10.6. The average molecular weight is 449 g/mol. The first-order valence-electron chi connectivity index (χ1n) is 13.2. The van der Waals surface area contributed by atoms with Gasteiger partial charge >= 0.3 is 5.97 Å². The van der Waals surface area contributed by atoms with Crippen molar-refractivity contribution in [2.75, 3.05) is 6.61 Å². The monoisotopic (exact) mass is 448 g/mol. The number of para-hydroxylation sites is 1. The van der Waals surface area contributed by atoms with Crippen LogP contribution in [0.25, 0.3) is 0 Å². The number of carbonyl (C=O) groups is 1. The summed E-state index contributed by atoms with van der Waals surface area (Å²) in [5.41, 5.74) is 1.17. The van der Waals surface area contributed by atoms with Crippen LogP contribution < -0.4 is 4.74 Å². The quantitative estimate of drug-likeness (QED) is 0.143. The van der Waals surface area contributed by atoms with E-state index in [1.54, 1.807) is 6.92 Å². The summed E-state index contributed by atoms with van der Waals surface area (Å²) in [5.74, 6) is -0.187. The van der Waals surface area contributed by atoms with Crippen molar-refractivity contribution < 1.29 is 19.4 Å². The van der Waals surface area contributed by atoms with E-state index in [9.17, 15) is 4.79 Å². The predicted octanol–water partition coefficient (Wildman–Crippen LogP) is 8.32. The Morgan fingerprint density at radius 2 is 1.25 bits per heavy atom. The van der Waals surface area contributed by atoms with Crippen molar-refractivity contribution in [3.63, 3.8) is 0 Å². The van der Waals surface area contributed by atoms with E-state index in [-0.39, 0.29) is 6.61 Å². The van der Waals surface area contributed by atoms with Crippen molar-refractivity contribution in [3.05, 3.63) is 29.8 Å². The third-order valence-corrected chi connectivity index (χ3v) is 6.01. The molecule has 0 bridgehead atoms. The maximum Gasteiger partial charge on any atom is 0.329 e. The Hall–Kier alpha value is -1.55. The summed E-state index contributed by atoms with van der Waals surface area (Å²) in [6, 6.07) is 7.99. The number of unbranched alkanes of at least 4 members (excludes halogenated alkanes) is 15. The second kappa shape index (κ2) is 20.1. The van der Waals surface area contributed by atoms with Crippen molar-refractivity contribution in [1.29, 1.82) is 0 Å². The SMILES string of the molecule is CCCCCCCCCCCCCCCCCCc1ccccc1OC(C)OCC(=O)O. The lowest BCUT2D eigenvalue weighted by molar-refractivity contribution is -0.151. The van der Waals surface area contributed by atoms with Crippen molar-refractivity contribution in [3.8, 4) is 5.75 Å². The van der Waals surface area contributed by atoms with Crippen molar-refractivity contribution in [1.82, 2.24) is 0 Å². The number of ether oxygens (including phenoxy) is 2. The minimum atomic E-state index is -0.984. The molecule has 0 amide bonds. The summed E-state index contributed by atoms with van der Waals surface area (Å²) in [5, 5.41) is 8.71. The zero-order valence-electron chi connectivity index (χ0n) is 20.8. The number of hydrogen-bond acceptors (Lipinski definition) is 3. The highest BCUT2D eigenvalue weighted by atomic mass is 16.7. The van der Waals surface area contributed by atoms with Crippen LogP contribution in [0.5, 0.6) is 5.75 Å². The van der Waals surface area contributed by atoms with E-state index < -0.39 is 12.3 Å². The molecule has 0 spiro atoms. The molecular weight excluding hydrogens is 400 g/mol. The standard InChI is InChI=1S/C28H48O4/c1-3-4-5-6-7-8-9-10-11-12-13-14-15-16-17-18-21-26-22-19-20-23-27(26)32-25(2)31-24-28(29)30/h19-20,22-23,25H,3-18,21,24H2,1-2H3,(H,29,30). The first-order chi connectivity index (χ1) is 15.6. The van der Waals surface area contributed by atoms with Crippen molar-refractivity contribution >= 4 is 5.97 Å². The Morgan fingerprint density at radius 3 is 1.75 bits per heavy atom. The molecule has 1 atom stereocenters. The van der Waals surface area contributed by atoms with Crippen LogP contribution >= 0.6 is 0 Å². The number of aryl methyl sites for hydroxylation is 1. The summed E-state index contributed by atoms with van der Waals surface area (Å²) in [4.78, 5) is 10.6. The van der Waals surface area contributed by atoms with Crippen LogP contribution in [0.15, 0.2) is 24.3 Å². The van der Waals surface area contributed by atoms with Crippen LogP contribution in [0.3, 0.4) is 0 Å². The predicted molar refractivity (Wildman–Crippen MR) is 133 cm³/mol. The third-order valence-electron chi connectivity index (χ3n) is 6.01. The van der Waals surface area contributed by atoms with Gasteiger partial charge in [-0.05, 0) is 31.4 Å². The number of aliphatic carboxylic acids is 1.